The van der Waals surface area contributed by atoms with Crippen LogP contribution in [0.1, 0.15) is 20.7 Å². The van der Waals surface area contributed by atoms with Crippen LogP contribution in [0.4, 0.5) is 0 Å². The molecule has 2 rings (SSSR count). The maximum Gasteiger partial charge on any atom is 0.338 e. The molecule has 0 heterocycles. The van der Waals surface area contributed by atoms with Gasteiger partial charge in [0.2, 0.25) is 0 Å². The molecule has 0 unspecified atom stereocenters. The van der Waals surface area contributed by atoms with Crippen LogP contribution >= 0.6 is 0 Å². The Bertz CT molecular complexity index is 664. The van der Waals surface area contributed by atoms with Crippen LogP contribution in [0.15, 0.2) is 73.3 Å². The lowest BCUT2D eigenvalue weighted by atomic mass is 10.2. The molecule has 2 aromatic rings. The average molecular weight is 348 g/mol. The van der Waals surface area contributed by atoms with Crippen LogP contribution in [0, 0.1) is 0 Å². The van der Waals surface area contributed by atoms with E-state index in [0.29, 0.717) is 11.1 Å². The second-order valence-electron chi connectivity index (χ2n) is 3.99. The van der Waals surface area contributed by atoms with Crippen molar-refractivity contribution in [3.63, 3.8) is 0 Å². The maximum atomic E-state index is 11.1. The number of carbonyl (C=O) groups excluding carboxylic acids is 1. The van der Waals surface area contributed by atoms with Gasteiger partial charge in [-0.2, -0.15) is 8.42 Å². The number of esters is 1. The average Bonchev–Trinajstić information content (AvgIpc) is 2.62. The number of carboxylic acid groups (broad SMARTS) is 1. The largest absolute Gasteiger partial charge is 0.478 e. The molecule has 0 aliphatic heterocycles. The zero-order valence-electron chi connectivity index (χ0n) is 12.7. The third kappa shape index (κ3) is 9.80. The third-order valence-electron chi connectivity index (χ3n) is 2.36. The van der Waals surface area contributed by atoms with Crippen molar-refractivity contribution in [3.8, 4) is 0 Å². The lowest BCUT2D eigenvalue weighted by Crippen LogP contribution is -2.04. The fourth-order valence-corrected chi connectivity index (χ4v) is 1.37. The molecule has 0 spiro atoms. The molecule has 0 aromatic heterocycles. The molecule has 0 aliphatic carbocycles. The van der Waals surface area contributed by atoms with Crippen LogP contribution in [0.3, 0.4) is 0 Å². The van der Waals surface area contributed by atoms with Crippen LogP contribution in [-0.2, 0) is 16.3 Å². The lowest BCUT2D eigenvalue weighted by molar-refractivity contribution is 0.0549. The minimum Gasteiger partial charge on any atom is -0.478 e. The predicted octanol–water partition coefficient (Wildman–Crippen LogP) is 2.74. The van der Waals surface area contributed by atoms with E-state index in [0.717, 1.165) is 0 Å². The van der Waals surface area contributed by atoms with Gasteiger partial charge in [0.1, 0.15) is 6.61 Å². The molecule has 0 fully saturated rings. The predicted molar refractivity (Wildman–Crippen MR) is 89.2 cm³/mol. The molecule has 0 aliphatic rings. The smallest absolute Gasteiger partial charge is 0.338 e. The van der Waals surface area contributed by atoms with Gasteiger partial charge in [-0.1, -0.05) is 49.1 Å². The van der Waals surface area contributed by atoms with Gasteiger partial charge in [-0.05, 0) is 24.3 Å². The molecule has 0 saturated carbocycles. The van der Waals surface area contributed by atoms with E-state index in [9.17, 15) is 9.59 Å². The Labute approximate surface area is 143 Å². The Morgan fingerprint density at radius 3 is 1.71 bits per heavy atom. The van der Waals surface area contributed by atoms with Crippen molar-refractivity contribution in [1.82, 2.24) is 0 Å². The zero-order valence-corrected chi connectivity index (χ0v) is 13.5. The molecule has 1 N–H and O–H groups in total. The normalized spacial score (nSPS) is 8.33. The first-order valence-electron chi connectivity index (χ1n) is 6.60. The van der Waals surface area contributed by atoms with Crippen molar-refractivity contribution in [2.45, 2.75) is 0 Å². The number of benzene rings is 2. The summed E-state index contributed by atoms with van der Waals surface area (Å²) in [6.07, 6.45) is 1.54. The molecule has 126 valence electrons. The number of ether oxygens (including phenoxy) is 1. The third-order valence-corrected chi connectivity index (χ3v) is 2.36. The van der Waals surface area contributed by atoms with Crippen molar-refractivity contribution in [3.05, 3.63) is 84.4 Å². The lowest BCUT2D eigenvalue weighted by Gasteiger charge is -1.99. The highest BCUT2D eigenvalue weighted by Gasteiger charge is 2.03. The summed E-state index contributed by atoms with van der Waals surface area (Å²) in [7, 11) is 0. The van der Waals surface area contributed by atoms with E-state index in [1.807, 2.05) is 6.07 Å². The number of hydrogen-bond acceptors (Lipinski definition) is 5. The molecule has 0 radical (unpaired) electrons. The van der Waals surface area contributed by atoms with E-state index in [-0.39, 0.29) is 12.6 Å². The van der Waals surface area contributed by atoms with Crippen molar-refractivity contribution in [1.29, 1.82) is 0 Å². The summed E-state index contributed by atoms with van der Waals surface area (Å²) in [4.78, 5) is 21.3. The Kier molecular flexibility index (Phi) is 11.9. The summed E-state index contributed by atoms with van der Waals surface area (Å²) in [5, 5.41) is 8.38. The van der Waals surface area contributed by atoms with Gasteiger partial charge in [0.05, 0.1) is 11.1 Å². The molecular formula is C17H16O6S. The first-order valence-corrected chi connectivity index (χ1v) is 7.26. The number of rotatable bonds is 4. The SMILES string of the molecule is C=CCOC(=O)c1ccccc1.O=C(O)c1ccccc1.O=S=O. The van der Waals surface area contributed by atoms with Gasteiger partial charge >= 0.3 is 23.5 Å². The number of carbonyl (C=O) groups is 2. The van der Waals surface area contributed by atoms with Gasteiger partial charge < -0.3 is 9.84 Å². The van der Waals surface area contributed by atoms with Crippen molar-refractivity contribution in [2.75, 3.05) is 6.61 Å². The summed E-state index contributed by atoms with van der Waals surface area (Å²) in [6, 6.07) is 17.2. The number of carboxylic acids is 1. The molecule has 0 atom stereocenters. The minimum absolute atomic E-state index is 0.258. The second-order valence-corrected chi connectivity index (χ2v) is 4.13. The van der Waals surface area contributed by atoms with Crippen molar-refractivity contribution < 1.29 is 27.9 Å². The van der Waals surface area contributed by atoms with Crippen LogP contribution in [0.2, 0.25) is 0 Å². The van der Waals surface area contributed by atoms with E-state index in [1.54, 1.807) is 60.7 Å². The molecule has 0 saturated heterocycles. The summed E-state index contributed by atoms with van der Waals surface area (Å²) in [5.74, 6) is -1.19. The van der Waals surface area contributed by atoms with Crippen LogP contribution in [-0.4, -0.2) is 32.1 Å². The number of hydrogen-bond donors (Lipinski definition) is 1. The maximum absolute atomic E-state index is 11.1. The fraction of sp³-hybridized carbons (Fsp3) is 0.0588. The van der Waals surface area contributed by atoms with Crippen molar-refractivity contribution in [2.24, 2.45) is 0 Å². The Hall–Kier alpha value is -3.06. The second kappa shape index (κ2) is 13.6. The molecule has 24 heavy (non-hydrogen) atoms. The molecule has 6 nitrogen and oxygen atoms in total. The summed E-state index contributed by atoms with van der Waals surface area (Å²) in [6.45, 7) is 3.71. The first-order chi connectivity index (χ1) is 11.6. The van der Waals surface area contributed by atoms with E-state index in [2.05, 4.69) is 6.58 Å². The minimum atomic E-state index is -0.879. The van der Waals surface area contributed by atoms with Crippen LogP contribution < -0.4 is 0 Å². The summed E-state index contributed by atoms with van der Waals surface area (Å²) < 4.78 is 21.4. The van der Waals surface area contributed by atoms with E-state index >= 15 is 0 Å². The quantitative estimate of drug-likeness (QED) is 0.674. The van der Waals surface area contributed by atoms with Gasteiger partial charge in [-0.25, -0.2) is 9.59 Å². The highest BCUT2D eigenvalue weighted by atomic mass is 32.1. The van der Waals surface area contributed by atoms with Gasteiger partial charge in [-0.15, -0.1) is 0 Å². The van der Waals surface area contributed by atoms with Crippen LogP contribution in [0.5, 0.6) is 0 Å². The molecule has 0 bridgehead atoms. The Morgan fingerprint density at radius 2 is 1.38 bits per heavy atom. The topological polar surface area (TPSA) is 97.7 Å². The highest BCUT2D eigenvalue weighted by Crippen LogP contribution is 2.00. The van der Waals surface area contributed by atoms with Gasteiger partial charge in [-0.3, -0.25) is 0 Å². The standard InChI is InChI=1S/C10H10O2.C7H6O2.O2S/c1-2-8-12-10(11)9-6-4-3-5-7-9;8-7(9)6-4-2-1-3-5-6;1-3-2/h2-7H,1,8H2;1-5H,(H,8,9);. The molecule has 7 heteroatoms. The monoisotopic (exact) mass is 348 g/mol. The molecule has 2 aromatic carbocycles. The van der Waals surface area contributed by atoms with E-state index < -0.39 is 17.5 Å². The molecule has 0 amide bonds. The van der Waals surface area contributed by atoms with Crippen LogP contribution in [0.25, 0.3) is 0 Å². The Morgan fingerprint density at radius 1 is 0.958 bits per heavy atom. The highest BCUT2D eigenvalue weighted by molar-refractivity contribution is 7.51. The first kappa shape index (κ1) is 20.9. The summed E-state index contributed by atoms with van der Waals surface area (Å²) >= 11 is -0.750. The number of aromatic carboxylic acids is 1. The summed E-state index contributed by atoms with van der Waals surface area (Å²) in [5.41, 5.74) is 0.900. The zero-order chi connectivity index (χ0) is 18.2. The van der Waals surface area contributed by atoms with Crippen molar-refractivity contribution >= 4 is 23.5 Å². The molecular weight excluding hydrogens is 332 g/mol. The van der Waals surface area contributed by atoms with Gasteiger partial charge in [0, 0.05) is 0 Å². The van der Waals surface area contributed by atoms with E-state index in [4.69, 9.17) is 18.3 Å². The Balaban J connectivity index is 0.000000390. The fourth-order valence-electron chi connectivity index (χ4n) is 1.37. The van der Waals surface area contributed by atoms with E-state index in [1.165, 1.54) is 0 Å². The van der Waals surface area contributed by atoms with Gasteiger partial charge in [0.15, 0.2) is 0 Å². The van der Waals surface area contributed by atoms with Gasteiger partial charge in [0.25, 0.3) is 0 Å².